The van der Waals surface area contributed by atoms with Crippen molar-refractivity contribution in [3.63, 3.8) is 0 Å². The van der Waals surface area contributed by atoms with E-state index in [1.165, 1.54) is 0 Å². The first-order valence-corrected chi connectivity index (χ1v) is 9.41. The van der Waals surface area contributed by atoms with Crippen molar-refractivity contribution in [3.05, 3.63) is 0 Å². The fraction of sp³-hybridized carbons (Fsp3) is 0.933. The summed E-state index contributed by atoms with van der Waals surface area (Å²) in [5, 5.41) is -0.845. The number of hydrogen-bond acceptors (Lipinski definition) is 4. The fourth-order valence-corrected chi connectivity index (χ4v) is 4.75. The molecule has 0 saturated heterocycles. The highest BCUT2D eigenvalue weighted by Gasteiger charge is 2.65. The van der Waals surface area contributed by atoms with Gasteiger partial charge in [-0.15, -0.1) is 0 Å². The molecule has 0 unspecified atom stereocenters. The van der Waals surface area contributed by atoms with Crippen LogP contribution in [0.15, 0.2) is 0 Å². The minimum absolute atomic E-state index is 0.0360. The normalized spacial score (nSPS) is 17.4. The van der Waals surface area contributed by atoms with Crippen molar-refractivity contribution in [2.24, 2.45) is 5.92 Å². The summed E-state index contributed by atoms with van der Waals surface area (Å²) < 4.78 is 24.4. The quantitative estimate of drug-likeness (QED) is 0.414. The molecule has 20 heavy (non-hydrogen) atoms. The van der Waals surface area contributed by atoms with E-state index < -0.39 is 12.8 Å². The maximum Gasteiger partial charge on any atom is 0.344 e. The van der Waals surface area contributed by atoms with Gasteiger partial charge in [0.1, 0.15) is 5.16 Å². The summed E-state index contributed by atoms with van der Waals surface area (Å²) in [5.74, 6) is -0.0933. The lowest BCUT2D eigenvalue weighted by Gasteiger charge is -2.27. The largest absolute Gasteiger partial charge is 0.344 e. The van der Waals surface area contributed by atoms with Crippen LogP contribution in [-0.4, -0.2) is 24.2 Å². The van der Waals surface area contributed by atoms with Crippen molar-refractivity contribution in [1.29, 1.82) is 0 Å². The highest BCUT2D eigenvalue weighted by molar-refractivity contribution is 7.57. The van der Waals surface area contributed by atoms with Gasteiger partial charge in [0.05, 0.1) is 13.2 Å². The van der Waals surface area contributed by atoms with Gasteiger partial charge in [0.15, 0.2) is 5.78 Å². The van der Waals surface area contributed by atoms with E-state index in [0.29, 0.717) is 26.1 Å². The highest BCUT2D eigenvalue weighted by atomic mass is 31.2. The Balaban J connectivity index is 2.81. The molecule has 0 aromatic rings. The van der Waals surface area contributed by atoms with Crippen LogP contribution < -0.4 is 0 Å². The van der Waals surface area contributed by atoms with Gasteiger partial charge in [-0.2, -0.15) is 0 Å². The van der Waals surface area contributed by atoms with Gasteiger partial charge in [0.2, 0.25) is 0 Å². The third-order valence-corrected chi connectivity index (χ3v) is 6.51. The van der Waals surface area contributed by atoms with Gasteiger partial charge in [0, 0.05) is 5.92 Å². The molecule has 5 heteroatoms. The van der Waals surface area contributed by atoms with E-state index in [1.807, 2.05) is 13.8 Å². The van der Waals surface area contributed by atoms with E-state index in [-0.39, 0.29) is 11.7 Å². The van der Waals surface area contributed by atoms with Crippen LogP contribution in [0.25, 0.3) is 0 Å². The number of carbonyl (C=O) groups is 1. The zero-order valence-corrected chi connectivity index (χ0v) is 14.2. The first kappa shape index (κ1) is 17.9. The van der Waals surface area contributed by atoms with Crippen molar-refractivity contribution in [3.8, 4) is 0 Å². The summed E-state index contributed by atoms with van der Waals surface area (Å²) in [5.41, 5.74) is 0. The molecule has 0 amide bonds. The van der Waals surface area contributed by atoms with E-state index in [4.69, 9.17) is 9.05 Å². The highest BCUT2D eigenvalue weighted by Crippen LogP contribution is 2.72. The predicted molar refractivity (Wildman–Crippen MR) is 81.1 cm³/mol. The number of carbonyl (C=O) groups excluding carboxylic acids is 1. The second-order valence-electron chi connectivity index (χ2n) is 5.92. The van der Waals surface area contributed by atoms with Gasteiger partial charge in [0.25, 0.3) is 0 Å². The zero-order chi connectivity index (χ0) is 15.2. The van der Waals surface area contributed by atoms with Gasteiger partial charge in [-0.3, -0.25) is 9.36 Å². The van der Waals surface area contributed by atoms with Crippen molar-refractivity contribution >= 4 is 13.4 Å². The van der Waals surface area contributed by atoms with Crippen LogP contribution in [0.5, 0.6) is 0 Å². The minimum atomic E-state index is -3.33. The Kier molecular flexibility index (Phi) is 6.90. The van der Waals surface area contributed by atoms with Crippen molar-refractivity contribution < 1.29 is 18.4 Å². The van der Waals surface area contributed by atoms with Crippen LogP contribution >= 0.6 is 7.60 Å². The van der Waals surface area contributed by atoms with Crippen LogP contribution in [0.3, 0.4) is 0 Å². The molecule has 0 spiro atoms. The van der Waals surface area contributed by atoms with Crippen molar-refractivity contribution in [2.75, 3.05) is 13.2 Å². The Morgan fingerprint density at radius 3 is 1.85 bits per heavy atom. The Labute approximate surface area is 123 Å². The number of Topliss-reactive ketones (excluding diaryl/α,β-unsaturated/α-hetero) is 1. The molecule has 1 fully saturated rings. The maximum absolute atomic E-state index is 13.1. The van der Waals surface area contributed by atoms with Crippen molar-refractivity contribution in [2.45, 2.75) is 71.4 Å². The minimum Gasteiger partial charge on any atom is -0.308 e. The van der Waals surface area contributed by atoms with Crippen molar-refractivity contribution in [1.82, 2.24) is 0 Å². The van der Waals surface area contributed by atoms with E-state index >= 15 is 0 Å². The molecule has 0 bridgehead atoms. The molecule has 0 aliphatic heterocycles. The molecule has 4 nitrogen and oxygen atoms in total. The Morgan fingerprint density at radius 2 is 1.55 bits per heavy atom. The van der Waals surface area contributed by atoms with E-state index in [2.05, 4.69) is 13.8 Å². The Hall–Kier alpha value is -0.180. The average Bonchev–Trinajstić information content (AvgIpc) is 3.20. The summed E-state index contributed by atoms with van der Waals surface area (Å²) in [6, 6.07) is 0. The molecule has 0 heterocycles. The second-order valence-corrected chi connectivity index (χ2v) is 8.29. The van der Waals surface area contributed by atoms with Gasteiger partial charge in [-0.1, -0.05) is 40.5 Å². The summed E-state index contributed by atoms with van der Waals surface area (Å²) in [7, 11) is -3.33. The summed E-state index contributed by atoms with van der Waals surface area (Å²) in [6.07, 6.45) is 4.90. The van der Waals surface area contributed by atoms with Crippen LogP contribution in [0, 0.1) is 5.92 Å². The fourth-order valence-electron chi connectivity index (χ4n) is 2.25. The first-order valence-electron chi connectivity index (χ1n) is 7.87. The molecular weight excluding hydrogens is 275 g/mol. The third kappa shape index (κ3) is 3.93. The molecule has 0 atom stereocenters. The molecule has 1 aliphatic rings. The molecule has 0 aromatic carbocycles. The summed E-state index contributed by atoms with van der Waals surface area (Å²) in [6.45, 7) is 8.63. The van der Waals surface area contributed by atoms with Gasteiger partial charge < -0.3 is 9.05 Å². The predicted octanol–water partition coefficient (Wildman–Crippen LogP) is 4.57. The lowest BCUT2D eigenvalue weighted by Crippen LogP contribution is -2.29. The maximum atomic E-state index is 13.1. The molecule has 0 aromatic heterocycles. The smallest absolute Gasteiger partial charge is 0.308 e. The molecular formula is C15H29O4P. The van der Waals surface area contributed by atoms with Crippen LogP contribution in [-0.2, 0) is 18.4 Å². The molecule has 0 radical (unpaired) electrons. The van der Waals surface area contributed by atoms with E-state index in [1.54, 1.807) is 0 Å². The molecule has 118 valence electrons. The van der Waals surface area contributed by atoms with Crippen LogP contribution in [0.4, 0.5) is 0 Å². The number of unbranched alkanes of at least 4 members (excludes halogenated alkanes) is 2. The van der Waals surface area contributed by atoms with E-state index in [9.17, 15) is 9.36 Å². The SMILES string of the molecule is CCCCOP(=O)(OCCCC)C1(C(=O)C(C)C)CC1. The molecule has 1 saturated carbocycles. The monoisotopic (exact) mass is 304 g/mol. The Morgan fingerprint density at radius 1 is 1.10 bits per heavy atom. The molecule has 0 N–H and O–H groups in total. The van der Waals surface area contributed by atoms with E-state index in [0.717, 1.165) is 25.7 Å². The Bertz CT molecular complexity index is 347. The number of rotatable bonds is 11. The molecule has 1 rings (SSSR count). The van der Waals surface area contributed by atoms with Crippen LogP contribution in [0.2, 0.25) is 0 Å². The lowest BCUT2D eigenvalue weighted by atomic mass is 10.1. The number of ketones is 1. The van der Waals surface area contributed by atoms with Gasteiger partial charge >= 0.3 is 7.60 Å². The van der Waals surface area contributed by atoms with Crippen LogP contribution in [0.1, 0.15) is 66.2 Å². The third-order valence-electron chi connectivity index (χ3n) is 3.75. The lowest BCUT2D eigenvalue weighted by molar-refractivity contribution is -0.122. The summed E-state index contributed by atoms with van der Waals surface area (Å²) >= 11 is 0. The zero-order valence-electron chi connectivity index (χ0n) is 13.3. The molecule has 1 aliphatic carbocycles. The second kappa shape index (κ2) is 7.72. The average molecular weight is 304 g/mol. The topological polar surface area (TPSA) is 52.6 Å². The standard InChI is InChI=1S/C15H29O4P/c1-5-7-11-18-20(17,19-12-8-6-2)15(9-10-15)14(16)13(3)4/h13H,5-12H2,1-4H3. The first-order chi connectivity index (χ1) is 9.43. The number of hydrogen-bond donors (Lipinski definition) is 0. The summed E-state index contributed by atoms with van der Waals surface area (Å²) in [4.78, 5) is 12.4. The van der Waals surface area contributed by atoms with Gasteiger partial charge in [-0.25, -0.2) is 0 Å². The van der Waals surface area contributed by atoms with Gasteiger partial charge in [-0.05, 0) is 25.7 Å².